The molecule has 4 heteroatoms. The number of hydrogen-bond acceptors (Lipinski definition) is 4. The molecule has 1 unspecified atom stereocenters. The summed E-state index contributed by atoms with van der Waals surface area (Å²) in [7, 11) is 3.02. The predicted octanol–water partition coefficient (Wildman–Crippen LogP) is 1.91. The molecule has 0 amide bonds. The van der Waals surface area contributed by atoms with Gasteiger partial charge in [-0.1, -0.05) is 18.2 Å². The first kappa shape index (κ1) is 13.5. The molecule has 0 fully saturated rings. The molecule has 94 valence electrons. The molecule has 0 spiro atoms. The Bertz CT molecular complexity index is 379. The lowest BCUT2D eigenvalue weighted by Crippen LogP contribution is -2.36. The van der Waals surface area contributed by atoms with Crippen LogP contribution in [0.2, 0.25) is 0 Å². The van der Waals surface area contributed by atoms with Crippen LogP contribution in [0.25, 0.3) is 0 Å². The van der Waals surface area contributed by atoms with Gasteiger partial charge in [-0.15, -0.1) is 0 Å². The molecular weight excluding hydrogens is 218 g/mol. The van der Waals surface area contributed by atoms with Crippen molar-refractivity contribution in [2.75, 3.05) is 14.2 Å². The fraction of sp³-hybridized carbons (Fsp3) is 0.462. The summed E-state index contributed by atoms with van der Waals surface area (Å²) in [6.45, 7) is 3.76. The van der Waals surface area contributed by atoms with Crippen molar-refractivity contribution in [3.8, 4) is 5.75 Å². The minimum Gasteiger partial charge on any atom is -0.496 e. The molecule has 0 aliphatic carbocycles. The van der Waals surface area contributed by atoms with Gasteiger partial charge in [0.15, 0.2) is 0 Å². The maximum atomic E-state index is 11.3. The largest absolute Gasteiger partial charge is 0.496 e. The average molecular weight is 237 g/mol. The minimum atomic E-state index is -0.347. The molecule has 0 heterocycles. The number of nitrogens with one attached hydrogen (secondary N) is 1. The summed E-state index contributed by atoms with van der Waals surface area (Å²) in [5, 5.41) is 3.17. The quantitative estimate of drug-likeness (QED) is 0.795. The van der Waals surface area contributed by atoms with Crippen molar-refractivity contribution in [3.63, 3.8) is 0 Å². The lowest BCUT2D eigenvalue weighted by Gasteiger charge is -2.20. The van der Waals surface area contributed by atoms with E-state index in [1.54, 1.807) is 14.0 Å². The number of carbonyl (C=O) groups excluding carboxylic acids is 1. The summed E-state index contributed by atoms with van der Waals surface area (Å²) in [5.41, 5.74) is 1.02. The Morgan fingerprint density at radius 2 is 1.88 bits per heavy atom. The topological polar surface area (TPSA) is 47.6 Å². The van der Waals surface area contributed by atoms with Crippen LogP contribution in [0, 0.1) is 0 Å². The van der Waals surface area contributed by atoms with Gasteiger partial charge in [0.05, 0.1) is 14.2 Å². The highest BCUT2D eigenvalue weighted by atomic mass is 16.5. The van der Waals surface area contributed by atoms with Gasteiger partial charge in [-0.25, -0.2) is 0 Å². The Hall–Kier alpha value is -1.55. The number of esters is 1. The van der Waals surface area contributed by atoms with Crippen LogP contribution in [-0.2, 0) is 9.53 Å². The first-order chi connectivity index (χ1) is 8.10. The summed E-state index contributed by atoms with van der Waals surface area (Å²) >= 11 is 0. The Balaban J connectivity index is 2.75. The Kier molecular flexibility index (Phi) is 4.97. The molecule has 2 atom stereocenters. The molecule has 0 aliphatic rings. The Morgan fingerprint density at radius 1 is 1.24 bits per heavy atom. The van der Waals surface area contributed by atoms with Crippen molar-refractivity contribution in [2.24, 2.45) is 0 Å². The van der Waals surface area contributed by atoms with Gasteiger partial charge in [-0.05, 0) is 19.9 Å². The Morgan fingerprint density at radius 3 is 2.47 bits per heavy atom. The zero-order valence-electron chi connectivity index (χ0n) is 10.7. The van der Waals surface area contributed by atoms with Crippen molar-refractivity contribution in [3.05, 3.63) is 29.8 Å². The van der Waals surface area contributed by atoms with E-state index in [1.807, 2.05) is 31.2 Å². The van der Waals surface area contributed by atoms with Crippen LogP contribution in [0.5, 0.6) is 5.75 Å². The van der Waals surface area contributed by atoms with E-state index in [0.29, 0.717) is 0 Å². The summed E-state index contributed by atoms with van der Waals surface area (Å²) in [5.74, 6) is 0.538. The molecule has 0 aliphatic heterocycles. The van der Waals surface area contributed by atoms with E-state index in [9.17, 15) is 4.79 Å². The van der Waals surface area contributed by atoms with Crippen LogP contribution >= 0.6 is 0 Å². The Labute approximate surface area is 102 Å². The van der Waals surface area contributed by atoms with Crippen LogP contribution in [0.15, 0.2) is 24.3 Å². The number of ether oxygens (including phenoxy) is 2. The summed E-state index contributed by atoms with van der Waals surface area (Å²) in [6, 6.07) is 7.40. The monoisotopic (exact) mass is 237 g/mol. The highest BCUT2D eigenvalue weighted by molar-refractivity contribution is 5.75. The van der Waals surface area contributed by atoms with Crippen LogP contribution in [0.3, 0.4) is 0 Å². The van der Waals surface area contributed by atoms with E-state index in [4.69, 9.17) is 4.74 Å². The standard InChI is InChI=1S/C13H19NO3/c1-9(14-10(2)13(15)17-4)11-7-5-6-8-12(11)16-3/h5-10,14H,1-4H3/t9?,10-/m1/s1. The first-order valence-corrected chi connectivity index (χ1v) is 5.57. The number of para-hydroxylation sites is 1. The van der Waals surface area contributed by atoms with Crippen LogP contribution in [0.4, 0.5) is 0 Å². The van der Waals surface area contributed by atoms with Gasteiger partial charge in [0.2, 0.25) is 0 Å². The van der Waals surface area contributed by atoms with Gasteiger partial charge in [0.25, 0.3) is 0 Å². The second-order valence-corrected chi connectivity index (χ2v) is 3.88. The van der Waals surface area contributed by atoms with E-state index >= 15 is 0 Å². The lowest BCUT2D eigenvalue weighted by atomic mass is 10.1. The van der Waals surface area contributed by atoms with Gasteiger partial charge in [0, 0.05) is 11.6 Å². The van der Waals surface area contributed by atoms with E-state index < -0.39 is 0 Å². The molecular formula is C13H19NO3. The van der Waals surface area contributed by atoms with Crippen molar-refractivity contribution in [2.45, 2.75) is 25.9 Å². The average Bonchev–Trinajstić information content (AvgIpc) is 2.37. The molecule has 17 heavy (non-hydrogen) atoms. The fourth-order valence-corrected chi connectivity index (χ4v) is 1.73. The third kappa shape index (κ3) is 3.46. The fourth-order valence-electron chi connectivity index (χ4n) is 1.73. The third-order valence-corrected chi connectivity index (χ3v) is 2.66. The third-order valence-electron chi connectivity index (χ3n) is 2.66. The first-order valence-electron chi connectivity index (χ1n) is 5.57. The molecule has 0 radical (unpaired) electrons. The molecule has 0 saturated heterocycles. The number of carbonyl (C=O) groups is 1. The van der Waals surface area contributed by atoms with E-state index in [0.717, 1.165) is 11.3 Å². The molecule has 0 saturated carbocycles. The molecule has 1 N–H and O–H groups in total. The van der Waals surface area contributed by atoms with Crippen molar-refractivity contribution in [1.82, 2.24) is 5.32 Å². The second kappa shape index (κ2) is 6.25. The summed E-state index contributed by atoms with van der Waals surface area (Å²) < 4.78 is 9.95. The summed E-state index contributed by atoms with van der Waals surface area (Å²) in [6.07, 6.45) is 0. The normalized spacial score (nSPS) is 13.9. The number of benzene rings is 1. The van der Waals surface area contributed by atoms with Crippen molar-refractivity contribution < 1.29 is 14.3 Å². The molecule has 0 bridgehead atoms. The summed E-state index contributed by atoms with van der Waals surface area (Å²) in [4.78, 5) is 11.3. The van der Waals surface area contributed by atoms with Gasteiger partial charge in [0.1, 0.15) is 11.8 Å². The molecule has 4 nitrogen and oxygen atoms in total. The number of rotatable bonds is 5. The van der Waals surface area contributed by atoms with Crippen molar-refractivity contribution in [1.29, 1.82) is 0 Å². The minimum absolute atomic E-state index is 0.0141. The van der Waals surface area contributed by atoms with Crippen LogP contribution in [-0.4, -0.2) is 26.2 Å². The SMILES string of the molecule is COC(=O)[C@@H](C)NC(C)c1ccccc1OC. The molecule has 1 aromatic carbocycles. The maximum absolute atomic E-state index is 11.3. The van der Waals surface area contributed by atoms with Crippen LogP contribution in [0.1, 0.15) is 25.5 Å². The van der Waals surface area contributed by atoms with Gasteiger partial charge in [-0.2, -0.15) is 0 Å². The van der Waals surface area contributed by atoms with Crippen molar-refractivity contribution >= 4 is 5.97 Å². The molecule has 0 aromatic heterocycles. The molecule has 1 aromatic rings. The second-order valence-electron chi connectivity index (χ2n) is 3.88. The number of hydrogen-bond donors (Lipinski definition) is 1. The van der Waals surface area contributed by atoms with Gasteiger partial charge in [-0.3, -0.25) is 10.1 Å². The molecule has 1 rings (SSSR count). The van der Waals surface area contributed by atoms with E-state index in [1.165, 1.54) is 7.11 Å². The van der Waals surface area contributed by atoms with E-state index in [-0.39, 0.29) is 18.1 Å². The lowest BCUT2D eigenvalue weighted by molar-refractivity contribution is -0.142. The zero-order valence-corrected chi connectivity index (χ0v) is 10.7. The smallest absolute Gasteiger partial charge is 0.322 e. The van der Waals surface area contributed by atoms with Crippen LogP contribution < -0.4 is 10.1 Å². The van der Waals surface area contributed by atoms with Gasteiger partial charge >= 0.3 is 5.97 Å². The zero-order chi connectivity index (χ0) is 12.8. The van der Waals surface area contributed by atoms with E-state index in [2.05, 4.69) is 10.1 Å². The highest BCUT2D eigenvalue weighted by Crippen LogP contribution is 2.24. The predicted molar refractivity (Wildman–Crippen MR) is 66.0 cm³/mol. The highest BCUT2D eigenvalue weighted by Gasteiger charge is 2.18. The van der Waals surface area contributed by atoms with Gasteiger partial charge < -0.3 is 9.47 Å². The maximum Gasteiger partial charge on any atom is 0.322 e. The number of methoxy groups -OCH3 is 2.